The van der Waals surface area contributed by atoms with E-state index in [-0.39, 0.29) is 5.91 Å². The lowest BCUT2D eigenvalue weighted by Gasteiger charge is -2.11. The van der Waals surface area contributed by atoms with E-state index in [2.05, 4.69) is 10.5 Å². The van der Waals surface area contributed by atoms with Gasteiger partial charge in [0.2, 0.25) is 0 Å². The van der Waals surface area contributed by atoms with Gasteiger partial charge in [0.15, 0.2) is 0 Å². The largest absolute Gasteiger partial charge is 0.497 e. The first kappa shape index (κ1) is 10.0. The highest BCUT2D eigenvalue weighted by Gasteiger charge is 2.13. The summed E-state index contributed by atoms with van der Waals surface area (Å²) in [5.74, 6) is 1.17. The van der Waals surface area contributed by atoms with Crippen molar-refractivity contribution < 1.29 is 9.53 Å². The number of carbonyl (C=O) groups excluding carboxylic acids is 1. The monoisotopic (exact) mass is 222 g/mol. The van der Waals surface area contributed by atoms with Crippen LogP contribution in [0.1, 0.15) is 5.56 Å². The fourth-order valence-corrected chi connectivity index (χ4v) is 1.94. The lowest BCUT2D eigenvalue weighted by atomic mass is 10.2. The Hall–Kier alpha value is -1.49. The number of amides is 1. The predicted octanol–water partition coefficient (Wildman–Crippen LogP) is 1.22. The van der Waals surface area contributed by atoms with Gasteiger partial charge in [-0.2, -0.15) is 5.10 Å². The molecule has 0 atom stereocenters. The number of hydrogen-bond acceptors (Lipinski definition) is 4. The molecule has 0 saturated heterocycles. The van der Waals surface area contributed by atoms with Gasteiger partial charge in [-0.15, -0.1) is 0 Å². The van der Waals surface area contributed by atoms with Crippen LogP contribution >= 0.6 is 11.8 Å². The summed E-state index contributed by atoms with van der Waals surface area (Å²) < 4.78 is 5.06. The fraction of sp³-hybridized carbons (Fsp3) is 0.200. The van der Waals surface area contributed by atoms with Crippen molar-refractivity contribution in [2.75, 3.05) is 12.9 Å². The number of benzene rings is 1. The molecule has 1 aliphatic rings. The van der Waals surface area contributed by atoms with Gasteiger partial charge >= 0.3 is 0 Å². The Morgan fingerprint density at radius 1 is 1.40 bits per heavy atom. The van der Waals surface area contributed by atoms with E-state index in [1.54, 1.807) is 7.11 Å². The molecule has 2 rings (SSSR count). The van der Waals surface area contributed by atoms with Crippen molar-refractivity contribution in [1.82, 2.24) is 5.43 Å². The van der Waals surface area contributed by atoms with Gasteiger partial charge < -0.3 is 4.74 Å². The molecule has 1 amide bonds. The highest BCUT2D eigenvalue weighted by Crippen LogP contribution is 2.18. The summed E-state index contributed by atoms with van der Waals surface area (Å²) in [6, 6.07) is 7.58. The summed E-state index contributed by atoms with van der Waals surface area (Å²) in [5.41, 5.74) is 3.44. The van der Waals surface area contributed by atoms with Gasteiger partial charge in [-0.3, -0.25) is 4.79 Å². The van der Waals surface area contributed by atoms with Gasteiger partial charge in [0, 0.05) is 5.56 Å². The zero-order chi connectivity index (χ0) is 10.7. The number of hydrogen-bond donors (Lipinski definition) is 1. The van der Waals surface area contributed by atoms with E-state index < -0.39 is 0 Å². The van der Waals surface area contributed by atoms with Crippen LogP contribution in [0.2, 0.25) is 0 Å². The van der Waals surface area contributed by atoms with Crippen LogP contribution in [0.5, 0.6) is 5.75 Å². The quantitative estimate of drug-likeness (QED) is 0.818. The van der Waals surface area contributed by atoms with E-state index in [0.29, 0.717) is 5.75 Å². The summed E-state index contributed by atoms with van der Waals surface area (Å²) in [5, 5.41) is 4.81. The van der Waals surface area contributed by atoms with Gasteiger partial charge in [0.05, 0.1) is 12.9 Å². The normalized spacial score (nSPS) is 15.5. The van der Waals surface area contributed by atoms with Gasteiger partial charge in [0.1, 0.15) is 10.8 Å². The van der Waals surface area contributed by atoms with Crippen molar-refractivity contribution in [2.24, 2.45) is 5.10 Å². The zero-order valence-electron chi connectivity index (χ0n) is 8.19. The molecule has 1 aliphatic heterocycles. The van der Waals surface area contributed by atoms with Crippen molar-refractivity contribution >= 4 is 22.7 Å². The Bertz CT molecular complexity index is 400. The third kappa shape index (κ3) is 2.30. The third-order valence-electron chi connectivity index (χ3n) is 1.96. The van der Waals surface area contributed by atoms with Crippen LogP contribution in [0, 0.1) is 0 Å². The van der Waals surface area contributed by atoms with Gasteiger partial charge in [0.25, 0.3) is 5.91 Å². The highest BCUT2D eigenvalue weighted by atomic mass is 32.2. The molecule has 78 valence electrons. The zero-order valence-corrected chi connectivity index (χ0v) is 9.00. The van der Waals surface area contributed by atoms with Crippen LogP contribution in [-0.2, 0) is 4.79 Å². The first-order valence-corrected chi connectivity index (χ1v) is 5.42. The maximum atomic E-state index is 10.9. The van der Waals surface area contributed by atoms with Crippen LogP contribution in [-0.4, -0.2) is 23.8 Å². The van der Waals surface area contributed by atoms with E-state index in [1.165, 1.54) is 11.8 Å². The van der Waals surface area contributed by atoms with Crippen molar-refractivity contribution in [3.63, 3.8) is 0 Å². The molecule has 5 heteroatoms. The second-order valence-electron chi connectivity index (χ2n) is 2.97. The van der Waals surface area contributed by atoms with Crippen LogP contribution in [0.25, 0.3) is 0 Å². The number of carbonyl (C=O) groups is 1. The molecule has 0 fully saturated rings. The molecule has 15 heavy (non-hydrogen) atoms. The first-order valence-electron chi connectivity index (χ1n) is 4.43. The van der Waals surface area contributed by atoms with Gasteiger partial charge in [-0.25, -0.2) is 5.43 Å². The average Bonchev–Trinajstić information content (AvgIpc) is 2.30. The summed E-state index contributed by atoms with van der Waals surface area (Å²) in [6.07, 6.45) is 0. The second kappa shape index (κ2) is 4.35. The molecule has 0 radical (unpaired) electrons. The molecule has 0 saturated carbocycles. The third-order valence-corrected chi connectivity index (χ3v) is 2.97. The van der Waals surface area contributed by atoms with Crippen molar-refractivity contribution in [1.29, 1.82) is 0 Å². The summed E-state index contributed by atoms with van der Waals surface area (Å²) >= 11 is 1.44. The smallest absolute Gasteiger partial charge is 0.250 e. The van der Waals surface area contributed by atoms with Gasteiger partial charge in [-0.1, -0.05) is 11.8 Å². The number of nitrogens with zero attached hydrogens (tertiary/aromatic N) is 1. The molecule has 0 bridgehead atoms. The molecule has 1 N–H and O–H groups in total. The molecule has 1 aromatic rings. The summed E-state index contributed by atoms with van der Waals surface area (Å²) in [4.78, 5) is 10.9. The van der Waals surface area contributed by atoms with E-state index in [9.17, 15) is 4.79 Å². The molecule has 0 spiro atoms. The minimum atomic E-state index is -0.0581. The molecular formula is C10H10N2O2S. The fourth-order valence-electron chi connectivity index (χ4n) is 1.19. The molecule has 0 aliphatic carbocycles. The molecule has 1 heterocycles. The summed E-state index contributed by atoms with van der Waals surface area (Å²) in [6.45, 7) is 0. The van der Waals surface area contributed by atoms with Gasteiger partial charge in [-0.05, 0) is 24.3 Å². The van der Waals surface area contributed by atoms with Crippen LogP contribution in [0.4, 0.5) is 0 Å². The first-order chi connectivity index (χ1) is 7.29. The number of rotatable bonds is 2. The minimum Gasteiger partial charge on any atom is -0.497 e. The van der Waals surface area contributed by atoms with Crippen molar-refractivity contribution in [3.8, 4) is 5.75 Å². The number of thioether (sulfide) groups is 1. The molecule has 0 aromatic heterocycles. The van der Waals surface area contributed by atoms with Crippen LogP contribution < -0.4 is 10.2 Å². The van der Waals surface area contributed by atoms with Crippen molar-refractivity contribution in [3.05, 3.63) is 29.8 Å². The van der Waals surface area contributed by atoms with Crippen LogP contribution in [0.15, 0.2) is 29.4 Å². The molecule has 4 nitrogen and oxygen atoms in total. The Morgan fingerprint density at radius 2 is 2.13 bits per heavy atom. The molecule has 0 unspecified atom stereocenters. The topological polar surface area (TPSA) is 50.7 Å². The average molecular weight is 222 g/mol. The maximum Gasteiger partial charge on any atom is 0.250 e. The predicted molar refractivity (Wildman–Crippen MR) is 60.1 cm³/mol. The van der Waals surface area contributed by atoms with E-state index in [4.69, 9.17) is 4.74 Å². The standard InChI is InChI=1S/C10H10N2O2S/c1-14-8-4-2-7(3-5-8)10-12-11-9(13)6-15-10/h2-5H,6H2,1H3,(H,11,13). The second-order valence-corrected chi connectivity index (χ2v) is 3.93. The number of nitrogens with one attached hydrogen (secondary N) is 1. The number of ether oxygens (including phenoxy) is 1. The van der Waals surface area contributed by atoms with E-state index >= 15 is 0 Å². The lowest BCUT2D eigenvalue weighted by molar-refractivity contribution is -0.118. The molecular weight excluding hydrogens is 212 g/mol. The van der Waals surface area contributed by atoms with Crippen LogP contribution in [0.3, 0.4) is 0 Å². The Morgan fingerprint density at radius 3 is 2.67 bits per heavy atom. The highest BCUT2D eigenvalue weighted by molar-refractivity contribution is 8.15. The molecule has 1 aromatic carbocycles. The Kier molecular flexibility index (Phi) is 2.91. The maximum absolute atomic E-state index is 10.9. The Balaban J connectivity index is 2.19. The summed E-state index contributed by atoms with van der Waals surface area (Å²) in [7, 11) is 1.63. The van der Waals surface area contributed by atoms with E-state index in [0.717, 1.165) is 16.4 Å². The van der Waals surface area contributed by atoms with E-state index in [1.807, 2.05) is 24.3 Å². The Labute approximate surface area is 91.7 Å². The lowest BCUT2D eigenvalue weighted by Crippen LogP contribution is -2.26. The number of methoxy groups -OCH3 is 1. The SMILES string of the molecule is COc1ccc(C2=NNC(=O)CS2)cc1. The minimum absolute atomic E-state index is 0.0581. The van der Waals surface area contributed by atoms with Crippen molar-refractivity contribution in [2.45, 2.75) is 0 Å². The number of hydrazone groups is 1.